The lowest BCUT2D eigenvalue weighted by atomic mass is 9.96. The van der Waals surface area contributed by atoms with E-state index in [1.165, 1.54) is 12.8 Å². The van der Waals surface area contributed by atoms with Crippen LogP contribution < -0.4 is 0 Å². The highest BCUT2D eigenvalue weighted by molar-refractivity contribution is 7.90. The fourth-order valence-corrected chi connectivity index (χ4v) is 5.02. The molecule has 1 aliphatic rings. The SMILES string of the molecule is CCCCCCC(C)(CCCC)S(=O)(=O)N1CCOCC1. The van der Waals surface area contributed by atoms with Crippen LogP contribution in [-0.4, -0.2) is 43.8 Å². The molecule has 0 saturated carbocycles. The summed E-state index contributed by atoms with van der Waals surface area (Å²) >= 11 is 0. The number of sulfonamides is 1. The fourth-order valence-electron chi connectivity index (χ4n) is 2.96. The maximum atomic E-state index is 13.0. The summed E-state index contributed by atoms with van der Waals surface area (Å²) in [4.78, 5) is 0. The number of morpholine rings is 1. The molecule has 1 saturated heterocycles. The number of hydrogen-bond donors (Lipinski definition) is 0. The molecule has 126 valence electrons. The van der Waals surface area contributed by atoms with Gasteiger partial charge in [-0.15, -0.1) is 0 Å². The Hall–Kier alpha value is -0.130. The van der Waals surface area contributed by atoms with Crippen molar-refractivity contribution < 1.29 is 13.2 Å². The van der Waals surface area contributed by atoms with Crippen LogP contribution in [0.25, 0.3) is 0 Å². The molecule has 1 heterocycles. The van der Waals surface area contributed by atoms with E-state index in [1.807, 2.05) is 6.92 Å². The summed E-state index contributed by atoms with van der Waals surface area (Å²) in [5, 5.41) is 0. The van der Waals surface area contributed by atoms with Gasteiger partial charge in [0.1, 0.15) is 0 Å². The van der Waals surface area contributed by atoms with Crippen LogP contribution in [0, 0.1) is 0 Å². The number of rotatable bonds is 10. The molecule has 0 amide bonds. The van der Waals surface area contributed by atoms with Crippen LogP contribution in [0.2, 0.25) is 0 Å². The molecule has 1 unspecified atom stereocenters. The molecule has 1 atom stereocenters. The van der Waals surface area contributed by atoms with Gasteiger partial charge in [-0.1, -0.05) is 52.4 Å². The van der Waals surface area contributed by atoms with Crippen LogP contribution in [-0.2, 0) is 14.8 Å². The van der Waals surface area contributed by atoms with E-state index in [-0.39, 0.29) is 0 Å². The molecule has 1 fully saturated rings. The van der Waals surface area contributed by atoms with Gasteiger partial charge in [-0.3, -0.25) is 0 Å². The van der Waals surface area contributed by atoms with Crippen molar-refractivity contribution in [1.82, 2.24) is 4.31 Å². The minimum atomic E-state index is -3.23. The molecule has 1 rings (SSSR count). The van der Waals surface area contributed by atoms with Gasteiger partial charge < -0.3 is 4.74 Å². The topological polar surface area (TPSA) is 46.6 Å². The van der Waals surface area contributed by atoms with Crippen molar-refractivity contribution in [3.63, 3.8) is 0 Å². The Bertz CT molecular complexity index is 377. The van der Waals surface area contributed by atoms with E-state index in [4.69, 9.17) is 4.74 Å². The lowest BCUT2D eigenvalue weighted by molar-refractivity contribution is 0.0716. The van der Waals surface area contributed by atoms with E-state index in [1.54, 1.807) is 4.31 Å². The molecule has 1 aliphatic heterocycles. The van der Waals surface area contributed by atoms with Crippen molar-refractivity contribution in [2.24, 2.45) is 0 Å². The predicted octanol–water partition coefficient (Wildman–Crippen LogP) is 3.57. The van der Waals surface area contributed by atoms with Crippen molar-refractivity contribution in [3.05, 3.63) is 0 Å². The predicted molar refractivity (Wildman–Crippen MR) is 88.0 cm³/mol. The Morgan fingerprint density at radius 2 is 1.52 bits per heavy atom. The molecule has 0 N–H and O–H groups in total. The van der Waals surface area contributed by atoms with E-state index >= 15 is 0 Å². The van der Waals surface area contributed by atoms with Crippen LogP contribution in [0.1, 0.15) is 72.1 Å². The Kier molecular flexibility index (Phi) is 8.21. The smallest absolute Gasteiger partial charge is 0.219 e. The molecule has 0 aromatic rings. The molecule has 0 spiro atoms. The first-order chi connectivity index (χ1) is 9.98. The molecular weight excluding hydrogens is 286 g/mol. The fraction of sp³-hybridized carbons (Fsp3) is 1.00. The highest BCUT2D eigenvalue weighted by atomic mass is 32.2. The van der Waals surface area contributed by atoms with E-state index in [2.05, 4.69) is 13.8 Å². The van der Waals surface area contributed by atoms with Gasteiger partial charge in [0, 0.05) is 13.1 Å². The first-order valence-corrected chi connectivity index (χ1v) is 9.99. The monoisotopic (exact) mass is 319 g/mol. The Balaban J connectivity index is 2.77. The highest BCUT2D eigenvalue weighted by Gasteiger charge is 2.42. The van der Waals surface area contributed by atoms with E-state index in [0.29, 0.717) is 26.3 Å². The van der Waals surface area contributed by atoms with Crippen LogP contribution in [0.5, 0.6) is 0 Å². The van der Waals surface area contributed by atoms with Gasteiger partial charge in [-0.2, -0.15) is 4.31 Å². The van der Waals surface area contributed by atoms with Gasteiger partial charge in [-0.25, -0.2) is 8.42 Å². The lowest BCUT2D eigenvalue weighted by Gasteiger charge is -2.37. The summed E-state index contributed by atoms with van der Waals surface area (Å²) in [6.07, 6.45) is 8.11. The molecular formula is C16H33NO3S. The minimum Gasteiger partial charge on any atom is -0.379 e. The summed E-state index contributed by atoms with van der Waals surface area (Å²) in [6.45, 7) is 8.34. The maximum absolute atomic E-state index is 13.0. The zero-order valence-electron chi connectivity index (χ0n) is 14.1. The maximum Gasteiger partial charge on any atom is 0.219 e. The van der Waals surface area contributed by atoms with Gasteiger partial charge in [0.05, 0.1) is 18.0 Å². The van der Waals surface area contributed by atoms with Crippen LogP contribution >= 0.6 is 0 Å². The largest absolute Gasteiger partial charge is 0.379 e. The van der Waals surface area contributed by atoms with Gasteiger partial charge in [-0.05, 0) is 19.8 Å². The third-order valence-corrected chi connectivity index (χ3v) is 7.25. The molecule has 0 bridgehead atoms. The summed E-state index contributed by atoms with van der Waals surface area (Å²) < 4.78 is 32.4. The molecule has 0 radical (unpaired) electrons. The zero-order chi connectivity index (χ0) is 15.8. The van der Waals surface area contributed by atoms with Gasteiger partial charge in [0.15, 0.2) is 0 Å². The van der Waals surface area contributed by atoms with Gasteiger partial charge in [0.25, 0.3) is 0 Å². The van der Waals surface area contributed by atoms with E-state index in [0.717, 1.165) is 38.5 Å². The molecule has 0 aliphatic carbocycles. The number of unbranched alkanes of at least 4 members (excludes halogenated alkanes) is 4. The van der Waals surface area contributed by atoms with E-state index < -0.39 is 14.8 Å². The summed E-state index contributed by atoms with van der Waals surface area (Å²) in [7, 11) is -3.23. The number of hydrogen-bond acceptors (Lipinski definition) is 3. The average molecular weight is 320 g/mol. The summed E-state index contributed by atoms with van der Waals surface area (Å²) in [5.74, 6) is 0. The Morgan fingerprint density at radius 1 is 0.952 bits per heavy atom. The average Bonchev–Trinajstić information content (AvgIpc) is 2.50. The van der Waals surface area contributed by atoms with E-state index in [9.17, 15) is 8.42 Å². The number of nitrogens with zero attached hydrogens (tertiary/aromatic N) is 1. The number of ether oxygens (including phenoxy) is 1. The first kappa shape index (κ1) is 18.9. The standard InChI is InChI=1S/C16H33NO3S/c1-4-6-8-9-11-16(3,10-7-5-2)21(18,19)17-12-14-20-15-13-17/h4-15H2,1-3H3. The van der Waals surface area contributed by atoms with Gasteiger partial charge in [0.2, 0.25) is 10.0 Å². The normalized spacial score (nSPS) is 20.3. The molecule has 4 nitrogen and oxygen atoms in total. The Labute approximate surface area is 131 Å². The minimum absolute atomic E-state index is 0.513. The van der Waals surface area contributed by atoms with Crippen LogP contribution in [0.15, 0.2) is 0 Å². The zero-order valence-corrected chi connectivity index (χ0v) is 14.9. The third kappa shape index (κ3) is 5.22. The second kappa shape index (κ2) is 9.11. The van der Waals surface area contributed by atoms with Crippen molar-refractivity contribution >= 4 is 10.0 Å². The Morgan fingerprint density at radius 3 is 2.10 bits per heavy atom. The summed E-state index contributed by atoms with van der Waals surface area (Å²) in [6, 6.07) is 0. The van der Waals surface area contributed by atoms with Crippen molar-refractivity contribution in [2.75, 3.05) is 26.3 Å². The van der Waals surface area contributed by atoms with Gasteiger partial charge >= 0.3 is 0 Å². The van der Waals surface area contributed by atoms with Crippen molar-refractivity contribution in [3.8, 4) is 0 Å². The second-order valence-corrected chi connectivity index (χ2v) is 8.83. The second-order valence-electron chi connectivity index (χ2n) is 6.38. The lowest BCUT2D eigenvalue weighted by Crippen LogP contribution is -2.50. The molecule has 21 heavy (non-hydrogen) atoms. The molecule has 0 aromatic carbocycles. The van der Waals surface area contributed by atoms with Crippen molar-refractivity contribution in [1.29, 1.82) is 0 Å². The van der Waals surface area contributed by atoms with Crippen LogP contribution in [0.4, 0.5) is 0 Å². The molecule has 0 aromatic heterocycles. The quantitative estimate of drug-likeness (QED) is 0.578. The molecule has 5 heteroatoms. The van der Waals surface area contributed by atoms with Crippen molar-refractivity contribution in [2.45, 2.75) is 76.9 Å². The van der Waals surface area contributed by atoms with Crippen LogP contribution in [0.3, 0.4) is 0 Å². The first-order valence-electron chi connectivity index (χ1n) is 8.55. The summed E-state index contributed by atoms with van der Waals surface area (Å²) in [5.41, 5.74) is 0. The third-order valence-electron chi connectivity index (χ3n) is 4.55. The highest BCUT2D eigenvalue weighted by Crippen LogP contribution is 2.33.